The van der Waals surface area contributed by atoms with Crippen LogP contribution in [0.1, 0.15) is 38.8 Å². The largest absolute Gasteiger partial charge is 0.383 e. The first-order valence-electron chi connectivity index (χ1n) is 6.77. The lowest BCUT2D eigenvalue weighted by molar-refractivity contribution is 0.0128. The molecule has 2 rings (SSSR count). The van der Waals surface area contributed by atoms with Gasteiger partial charge in [-0.05, 0) is 39.3 Å². The van der Waals surface area contributed by atoms with Crippen LogP contribution in [0.2, 0.25) is 5.02 Å². The quantitative estimate of drug-likeness (QED) is 0.917. The molecule has 0 aromatic carbocycles. The van der Waals surface area contributed by atoms with Gasteiger partial charge in [-0.2, -0.15) is 5.10 Å². The Morgan fingerprint density at radius 2 is 2.11 bits per heavy atom. The Bertz CT molecular complexity index is 407. The summed E-state index contributed by atoms with van der Waals surface area (Å²) < 4.78 is 1.82. The maximum atomic E-state index is 10.9. The van der Waals surface area contributed by atoms with Crippen LogP contribution in [0.3, 0.4) is 0 Å². The Kier molecular flexibility index (Phi) is 4.30. The van der Waals surface area contributed by atoms with Crippen molar-refractivity contribution in [1.82, 2.24) is 14.7 Å². The normalized spacial score (nSPS) is 26.2. The van der Waals surface area contributed by atoms with Crippen LogP contribution in [0.25, 0.3) is 0 Å². The summed E-state index contributed by atoms with van der Waals surface area (Å²) in [6, 6.07) is 0. The molecule has 1 N–H and O–H groups in total. The molecular formula is C13H22ClN3O. The molecule has 1 fully saturated rings. The zero-order chi connectivity index (χ0) is 13.2. The van der Waals surface area contributed by atoms with E-state index < -0.39 is 5.60 Å². The van der Waals surface area contributed by atoms with Crippen molar-refractivity contribution in [3.8, 4) is 0 Å². The Balaban J connectivity index is 2.27. The van der Waals surface area contributed by atoms with Crippen LogP contribution in [0.15, 0.2) is 6.20 Å². The van der Waals surface area contributed by atoms with Gasteiger partial charge in [0.2, 0.25) is 0 Å². The van der Waals surface area contributed by atoms with E-state index in [0.717, 1.165) is 51.1 Å². The van der Waals surface area contributed by atoms with Crippen LogP contribution in [0.5, 0.6) is 0 Å². The predicted octanol–water partition coefficient (Wildman–Crippen LogP) is 2.25. The number of nitrogens with zero attached hydrogens (tertiary/aromatic N) is 3. The molecule has 5 heteroatoms. The first-order valence-corrected chi connectivity index (χ1v) is 7.15. The summed E-state index contributed by atoms with van der Waals surface area (Å²) in [7, 11) is 0. The van der Waals surface area contributed by atoms with Gasteiger partial charge in [-0.3, -0.25) is 4.68 Å². The Morgan fingerprint density at radius 1 is 1.33 bits per heavy atom. The number of aliphatic hydroxyl groups is 1. The molecule has 18 heavy (non-hydrogen) atoms. The molecule has 0 aliphatic carbocycles. The average molecular weight is 272 g/mol. The third-order valence-electron chi connectivity index (χ3n) is 3.89. The summed E-state index contributed by atoms with van der Waals surface area (Å²) in [5.74, 6) is 0. The van der Waals surface area contributed by atoms with E-state index in [2.05, 4.69) is 16.9 Å². The molecule has 1 aliphatic rings. The molecule has 0 radical (unpaired) electrons. The summed E-state index contributed by atoms with van der Waals surface area (Å²) in [6.07, 6.45) is 4.12. The molecule has 1 saturated heterocycles. The molecule has 1 aromatic heterocycles. The van der Waals surface area contributed by atoms with Crippen LogP contribution < -0.4 is 0 Å². The van der Waals surface area contributed by atoms with Crippen molar-refractivity contribution in [3.63, 3.8) is 0 Å². The molecule has 0 amide bonds. The van der Waals surface area contributed by atoms with E-state index >= 15 is 0 Å². The third-order valence-corrected chi connectivity index (χ3v) is 4.17. The van der Waals surface area contributed by atoms with Gasteiger partial charge in [-0.15, -0.1) is 0 Å². The maximum Gasteiger partial charge on any atom is 0.109 e. The van der Waals surface area contributed by atoms with Crippen LogP contribution in [-0.2, 0) is 12.1 Å². The number of aromatic nitrogens is 2. The summed E-state index contributed by atoms with van der Waals surface area (Å²) in [4.78, 5) is 2.37. The Morgan fingerprint density at radius 3 is 2.78 bits per heavy atom. The van der Waals surface area contributed by atoms with Gasteiger partial charge in [0.25, 0.3) is 0 Å². The van der Waals surface area contributed by atoms with E-state index in [1.54, 1.807) is 6.20 Å². The van der Waals surface area contributed by atoms with E-state index in [-0.39, 0.29) is 0 Å². The highest BCUT2D eigenvalue weighted by Crippen LogP contribution is 2.36. The lowest BCUT2D eigenvalue weighted by Crippen LogP contribution is -2.31. The average Bonchev–Trinajstić information content (AvgIpc) is 2.64. The molecular weight excluding hydrogens is 250 g/mol. The number of likely N-dealkylation sites (tertiary alicyclic amines) is 1. The predicted molar refractivity (Wildman–Crippen MR) is 72.8 cm³/mol. The second-order valence-corrected chi connectivity index (χ2v) is 5.38. The standard InChI is InChI=1S/C13H22ClN3O/c1-3-16-8-5-6-13(18,7-9-16)12-11(14)10-15-17(12)4-2/h10,18H,3-9H2,1-2H3. The van der Waals surface area contributed by atoms with Crippen molar-refractivity contribution in [1.29, 1.82) is 0 Å². The molecule has 1 aliphatic heterocycles. The van der Waals surface area contributed by atoms with Crippen molar-refractivity contribution in [3.05, 3.63) is 16.9 Å². The summed E-state index contributed by atoms with van der Waals surface area (Å²) >= 11 is 6.21. The number of halogens is 1. The molecule has 1 atom stereocenters. The Hall–Kier alpha value is -0.580. The number of hydrogen-bond acceptors (Lipinski definition) is 3. The molecule has 0 saturated carbocycles. The van der Waals surface area contributed by atoms with Gasteiger partial charge in [0.15, 0.2) is 0 Å². The Labute approximate surface area is 114 Å². The third kappa shape index (κ3) is 2.56. The van der Waals surface area contributed by atoms with Crippen LogP contribution >= 0.6 is 11.6 Å². The van der Waals surface area contributed by atoms with Crippen molar-refractivity contribution in [2.24, 2.45) is 0 Å². The van der Waals surface area contributed by atoms with E-state index in [1.807, 2.05) is 11.6 Å². The van der Waals surface area contributed by atoms with Crippen LogP contribution in [0, 0.1) is 0 Å². The fourth-order valence-electron chi connectivity index (χ4n) is 2.79. The van der Waals surface area contributed by atoms with Gasteiger partial charge >= 0.3 is 0 Å². The van der Waals surface area contributed by atoms with Gasteiger partial charge in [-0.25, -0.2) is 0 Å². The topological polar surface area (TPSA) is 41.3 Å². The minimum Gasteiger partial charge on any atom is -0.383 e. The van der Waals surface area contributed by atoms with Crippen LogP contribution in [0.4, 0.5) is 0 Å². The van der Waals surface area contributed by atoms with Gasteiger partial charge in [0.1, 0.15) is 5.60 Å². The van der Waals surface area contributed by atoms with E-state index in [4.69, 9.17) is 11.6 Å². The fourth-order valence-corrected chi connectivity index (χ4v) is 3.11. The molecule has 4 nitrogen and oxygen atoms in total. The molecule has 0 spiro atoms. The SMILES string of the molecule is CCN1CCCC(O)(c2c(Cl)cnn2CC)CC1. The zero-order valence-electron chi connectivity index (χ0n) is 11.2. The second-order valence-electron chi connectivity index (χ2n) is 4.98. The fraction of sp³-hybridized carbons (Fsp3) is 0.769. The van der Waals surface area contributed by atoms with Gasteiger partial charge < -0.3 is 10.0 Å². The summed E-state index contributed by atoms with van der Waals surface area (Å²) in [5.41, 5.74) is -0.0299. The lowest BCUT2D eigenvalue weighted by Gasteiger charge is -2.28. The van der Waals surface area contributed by atoms with Crippen molar-refractivity contribution in [2.45, 2.75) is 45.3 Å². The molecule has 1 aromatic rings. The zero-order valence-corrected chi connectivity index (χ0v) is 11.9. The first kappa shape index (κ1) is 13.8. The van der Waals surface area contributed by atoms with Gasteiger partial charge in [-0.1, -0.05) is 18.5 Å². The summed E-state index contributed by atoms with van der Waals surface area (Å²) in [6.45, 7) is 7.92. The van der Waals surface area contributed by atoms with E-state index in [1.165, 1.54) is 0 Å². The number of aryl methyl sites for hydroxylation is 1. The molecule has 102 valence electrons. The van der Waals surface area contributed by atoms with E-state index in [0.29, 0.717) is 5.02 Å². The maximum absolute atomic E-state index is 10.9. The number of rotatable bonds is 3. The van der Waals surface area contributed by atoms with Gasteiger partial charge in [0.05, 0.1) is 16.9 Å². The smallest absolute Gasteiger partial charge is 0.109 e. The van der Waals surface area contributed by atoms with Crippen molar-refractivity contribution < 1.29 is 5.11 Å². The lowest BCUT2D eigenvalue weighted by atomic mass is 9.91. The molecule has 1 unspecified atom stereocenters. The first-order chi connectivity index (χ1) is 8.60. The van der Waals surface area contributed by atoms with E-state index in [9.17, 15) is 5.11 Å². The number of hydrogen-bond donors (Lipinski definition) is 1. The highest BCUT2D eigenvalue weighted by atomic mass is 35.5. The minimum atomic E-state index is -0.826. The summed E-state index contributed by atoms with van der Waals surface area (Å²) in [5, 5.41) is 15.8. The van der Waals surface area contributed by atoms with Crippen LogP contribution in [-0.4, -0.2) is 39.4 Å². The highest BCUT2D eigenvalue weighted by Gasteiger charge is 2.36. The highest BCUT2D eigenvalue weighted by molar-refractivity contribution is 6.31. The minimum absolute atomic E-state index is 0.587. The van der Waals surface area contributed by atoms with Crippen molar-refractivity contribution >= 4 is 11.6 Å². The molecule has 2 heterocycles. The van der Waals surface area contributed by atoms with Gasteiger partial charge in [0, 0.05) is 13.1 Å². The second kappa shape index (κ2) is 5.59. The monoisotopic (exact) mass is 271 g/mol. The molecule has 0 bridgehead atoms. The van der Waals surface area contributed by atoms with Crippen molar-refractivity contribution in [2.75, 3.05) is 19.6 Å².